The number of ether oxygens (including phenoxy) is 2. The van der Waals surface area contributed by atoms with Crippen molar-refractivity contribution in [3.05, 3.63) is 52.8 Å². The van der Waals surface area contributed by atoms with Crippen molar-refractivity contribution in [1.29, 1.82) is 0 Å². The monoisotopic (exact) mass is 530 g/mol. The fourth-order valence-electron chi connectivity index (χ4n) is 3.24. The van der Waals surface area contributed by atoms with Gasteiger partial charge in [-0.3, -0.25) is 13.9 Å². The Morgan fingerprint density at radius 3 is 2.58 bits per heavy atom. The fourth-order valence-corrected chi connectivity index (χ4v) is 4.74. The number of nitrogens with zero attached hydrogens (tertiary/aromatic N) is 2. The van der Waals surface area contributed by atoms with Gasteiger partial charge in [-0.05, 0) is 32.9 Å². The maximum Gasteiger partial charge on any atom is 0.459 e. The fraction of sp³-hybridized carbons (Fsp3) is 0.476. The van der Waals surface area contributed by atoms with Crippen molar-refractivity contribution in [2.45, 2.75) is 57.5 Å². The molecule has 0 saturated carbocycles. The molecule has 1 saturated heterocycles. The number of nitrogen functional groups attached to an aromatic ring is 1. The van der Waals surface area contributed by atoms with Crippen molar-refractivity contribution in [3.8, 4) is 5.75 Å². The van der Waals surface area contributed by atoms with Crippen molar-refractivity contribution in [2.75, 3.05) is 12.3 Å². The second-order valence-electron chi connectivity index (χ2n) is 8.24. The van der Waals surface area contributed by atoms with Gasteiger partial charge in [0.25, 0.3) is 0 Å². The zero-order valence-corrected chi connectivity index (χ0v) is 20.6. The van der Waals surface area contributed by atoms with Gasteiger partial charge in [0.05, 0.1) is 18.9 Å². The number of esters is 1. The molecule has 0 spiro atoms. The molecule has 1 aromatic carbocycles. The lowest BCUT2D eigenvalue weighted by atomic mass is 10.1. The highest BCUT2D eigenvalue weighted by Crippen LogP contribution is 2.46. The van der Waals surface area contributed by atoms with E-state index in [-0.39, 0.29) is 5.75 Å². The summed E-state index contributed by atoms with van der Waals surface area (Å²) in [5, 5.41) is 23.3. The number of para-hydroxylation sites is 1. The number of nitrogens with one attached hydrogen (secondary N) is 1. The predicted octanol–water partition coefficient (Wildman–Crippen LogP) is 0.717. The molecule has 1 aliphatic rings. The van der Waals surface area contributed by atoms with E-state index >= 15 is 0 Å². The van der Waals surface area contributed by atoms with E-state index in [1.54, 1.807) is 32.0 Å². The lowest BCUT2D eigenvalue weighted by molar-refractivity contribution is -0.149. The Morgan fingerprint density at radius 1 is 1.28 bits per heavy atom. The summed E-state index contributed by atoms with van der Waals surface area (Å²) in [5.74, 6) is -2.24. The van der Waals surface area contributed by atoms with Gasteiger partial charge in [0.15, 0.2) is 17.9 Å². The average Bonchev–Trinajstić information content (AvgIpc) is 3.08. The highest BCUT2D eigenvalue weighted by atomic mass is 31.2. The van der Waals surface area contributed by atoms with Crippen LogP contribution < -0.4 is 21.0 Å². The number of aromatic nitrogens is 2. The summed E-state index contributed by atoms with van der Waals surface area (Å²) in [5.41, 5.74) is 4.24. The number of hydrogen-bond acceptors (Lipinski definition) is 11. The highest BCUT2D eigenvalue weighted by Gasteiger charge is 2.46. The average molecular weight is 530 g/mol. The Morgan fingerprint density at radius 2 is 1.94 bits per heavy atom. The summed E-state index contributed by atoms with van der Waals surface area (Å²) < 4.78 is 49.5. The van der Waals surface area contributed by atoms with E-state index in [1.165, 1.54) is 19.1 Å². The first-order chi connectivity index (χ1) is 16.9. The second kappa shape index (κ2) is 11.5. The van der Waals surface area contributed by atoms with E-state index in [0.29, 0.717) is 10.8 Å². The minimum atomic E-state index is -4.29. The van der Waals surface area contributed by atoms with Crippen LogP contribution in [0.2, 0.25) is 0 Å². The number of anilines is 1. The van der Waals surface area contributed by atoms with Crippen LogP contribution in [0.15, 0.2) is 41.3 Å². The Labute approximate surface area is 205 Å². The maximum atomic E-state index is 13.8. The van der Waals surface area contributed by atoms with Crippen molar-refractivity contribution in [1.82, 2.24) is 14.6 Å². The molecule has 13 nitrogen and oxygen atoms in total. The van der Waals surface area contributed by atoms with E-state index in [1.807, 2.05) is 0 Å². The number of carbonyl (C=O) groups excluding carboxylic acids is 1. The normalized spacial score (nSPS) is 24.3. The van der Waals surface area contributed by atoms with Crippen LogP contribution in [0.4, 0.5) is 10.2 Å². The topological polar surface area (TPSA) is 184 Å². The van der Waals surface area contributed by atoms with Crippen LogP contribution in [0.25, 0.3) is 0 Å². The molecule has 15 heteroatoms. The lowest BCUT2D eigenvalue weighted by Gasteiger charge is -2.25. The third-order valence-electron chi connectivity index (χ3n) is 4.98. The van der Waals surface area contributed by atoms with Gasteiger partial charge in [0.2, 0.25) is 0 Å². The van der Waals surface area contributed by atoms with E-state index in [9.17, 15) is 28.8 Å². The molecule has 5 N–H and O–H groups in total. The third-order valence-corrected chi connectivity index (χ3v) is 6.62. The van der Waals surface area contributed by atoms with Gasteiger partial charge in [-0.1, -0.05) is 18.2 Å². The summed E-state index contributed by atoms with van der Waals surface area (Å²) in [6.07, 6.45) is -5.93. The Hall–Kier alpha value is -2.87. The molecule has 3 rings (SSSR count). The number of rotatable bonds is 10. The van der Waals surface area contributed by atoms with Crippen molar-refractivity contribution >= 4 is 19.5 Å². The molecule has 0 aliphatic carbocycles. The molecule has 1 aliphatic heterocycles. The predicted molar refractivity (Wildman–Crippen MR) is 123 cm³/mol. The number of hydrogen-bond donors (Lipinski definition) is 4. The van der Waals surface area contributed by atoms with Crippen LogP contribution in [-0.4, -0.2) is 62.8 Å². The SMILES string of the molecule is CC(C)OC(=O)[C@@H](C)NP(=O)(OC[C@H]1O[C@H](n2cc(F)c(N)nc2=O)[C@H](O)[C@@H]1O)Oc1ccccc1. The molecule has 2 aromatic rings. The van der Waals surface area contributed by atoms with E-state index in [4.69, 9.17) is 24.3 Å². The van der Waals surface area contributed by atoms with Gasteiger partial charge in [0.1, 0.15) is 30.1 Å². The third kappa shape index (κ3) is 6.66. The highest BCUT2D eigenvalue weighted by molar-refractivity contribution is 7.52. The van der Waals surface area contributed by atoms with E-state index in [2.05, 4.69) is 10.1 Å². The van der Waals surface area contributed by atoms with Gasteiger partial charge in [0, 0.05) is 0 Å². The quantitative estimate of drug-likeness (QED) is 0.250. The summed E-state index contributed by atoms with van der Waals surface area (Å²) in [6.45, 7) is 4.08. The van der Waals surface area contributed by atoms with Crippen LogP contribution >= 0.6 is 7.75 Å². The summed E-state index contributed by atoms with van der Waals surface area (Å²) in [4.78, 5) is 27.6. The first-order valence-corrected chi connectivity index (χ1v) is 12.5. The Bertz CT molecular complexity index is 1170. The number of nitrogens with two attached hydrogens (primary N) is 1. The Balaban J connectivity index is 1.77. The van der Waals surface area contributed by atoms with Crippen LogP contribution in [0.1, 0.15) is 27.0 Å². The zero-order valence-electron chi connectivity index (χ0n) is 19.7. The van der Waals surface area contributed by atoms with Crippen LogP contribution in [-0.2, 0) is 23.4 Å². The largest absolute Gasteiger partial charge is 0.462 e. The van der Waals surface area contributed by atoms with E-state index < -0.39 is 74.3 Å². The molecule has 2 heterocycles. The second-order valence-corrected chi connectivity index (χ2v) is 9.94. The number of benzene rings is 1. The number of aliphatic hydroxyl groups excluding tert-OH is 2. The van der Waals surface area contributed by atoms with Crippen LogP contribution in [0.3, 0.4) is 0 Å². The molecule has 6 atom stereocenters. The van der Waals surface area contributed by atoms with Gasteiger partial charge in [-0.15, -0.1) is 0 Å². The summed E-state index contributed by atoms with van der Waals surface area (Å²) >= 11 is 0. The van der Waals surface area contributed by atoms with Gasteiger partial charge < -0.3 is 29.9 Å². The van der Waals surface area contributed by atoms with Crippen molar-refractivity contribution < 1.29 is 42.5 Å². The first-order valence-electron chi connectivity index (χ1n) is 10.9. The van der Waals surface area contributed by atoms with Gasteiger partial charge in [-0.2, -0.15) is 10.1 Å². The summed E-state index contributed by atoms with van der Waals surface area (Å²) in [6, 6.07) is 6.85. The molecule has 1 fully saturated rings. The number of carbonyl (C=O) groups is 1. The minimum Gasteiger partial charge on any atom is -0.462 e. The van der Waals surface area contributed by atoms with Crippen molar-refractivity contribution in [3.63, 3.8) is 0 Å². The maximum absolute atomic E-state index is 13.8. The molecule has 1 aromatic heterocycles. The molecule has 36 heavy (non-hydrogen) atoms. The van der Waals surface area contributed by atoms with Crippen molar-refractivity contribution in [2.24, 2.45) is 0 Å². The number of aliphatic hydroxyl groups is 2. The zero-order chi connectivity index (χ0) is 26.6. The standard InChI is InChI=1S/C21H28FN4O9P/c1-11(2)33-20(29)12(3)25-36(31,35-13-7-5-4-6-8-13)32-10-15-16(27)17(28)19(34-15)26-9-14(22)18(23)24-21(26)30/h4-9,11-12,15-17,19,27-28H,10H2,1-3H3,(H,25,31)(H2,23,24,30)/t12-,15-,16-,17-,19+,36?/m1/s1. The van der Waals surface area contributed by atoms with Gasteiger partial charge >= 0.3 is 19.4 Å². The summed E-state index contributed by atoms with van der Waals surface area (Å²) in [7, 11) is -4.29. The first kappa shape index (κ1) is 27.7. The Kier molecular flexibility index (Phi) is 8.82. The number of halogens is 1. The molecular formula is C21H28FN4O9P. The van der Waals surface area contributed by atoms with Crippen LogP contribution in [0.5, 0.6) is 5.75 Å². The minimum absolute atomic E-state index is 0.151. The molecule has 1 unspecified atom stereocenters. The van der Waals surface area contributed by atoms with Gasteiger partial charge in [-0.25, -0.2) is 13.8 Å². The molecule has 0 radical (unpaired) electrons. The lowest BCUT2D eigenvalue weighted by Crippen LogP contribution is -2.38. The van der Waals surface area contributed by atoms with E-state index in [0.717, 1.165) is 0 Å². The molecular weight excluding hydrogens is 502 g/mol. The molecule has 198 valence electrons. The molecule has 0 bridgehead atoms. The smallest absolute Gasteiger partial charge is 0.459 e. The van der Waals surface area contributed by atoms with Crippen LogP contribution in [0, 0.1) is 5.82 Å². The molecule has 0 amide bonds.